The Balaban J connectivity index is 2.13. The molecule has 1 aromatic rings. The highest BCUT2D eigenvalue weighted by molar-refractivity contribution is 5.25. The Labute approximate surface area is 126 Å². The summed E-state index contributed by atoms with van der Waals surface area (Å²) >= 11 is 0. The van der Waals surface area contributed by atoms with Crippen LogP contribution in [-0.4, -0.2) is 13.1 Å². The Morgan fingerprint density at radius 3 is 2.25 bits per heavy atom. The molecule has 1 rings (SSSR count). The minimum atomic E-state index is 0.691. The van der Waals surface area contributed by atoms with E-state index in [0.29, 0.717) is 5.92 Å². The van der Waals surface area contributed by atoms with Crippen LogP contribution in [0.4, 0.5) is 0 Å². The fraction of sp³-hybridized carbons (Fsp3) is 0.684. The maximum absolute atomic E-state index is 3.51. The van der Waals surface area contributed by atoms with Gasteiger partial charge in [0.15, 0.2) is 0 Å². The first-order valence-electron chi connectivity index (χ1n) is 8.43. The van der Waals surface area contributed by atoms with Crippen LogP contribution in [0.2, 0.25) is 0 Å². The highest BCUT2D eigenvalue weighted by Crippen LogP contribution is 2.19. The minimum Gasteiger partial charge on any atom is -0.316 e. The lowest BCUT2D eigenvalue weighted by atomic mass is 9.96. The molecule has 0 fully saturated rings. The van der Waals surface area contributed by atoms with E-state index in [4.69, 9.17) is 0 Å². The summed E-state index contributed by atoms with van der Waals surface area (Å²) in [6, 6.07) is 9.26. The average Bonchev–Trinajstić information content (AvgIpc) is 2.45. The van der Waals surface area contributed by atoms with Gasteiger partial charge in [0.2, 0.25) is 0 Å². The molecule has 1 nitrogen and oxygen atoms in total. The van der Waals surface area contributed by atoms with Crippen molar-refractivity contribution in [2.45, 2.75) is 65.7 Å². The van der Waals surface area contributed by atoms with Gasteiger partial charge in [0, 0.05) is 0 Å². The maximum Gasteiger partial charge on any atom is -0.00258 e. The van der Waals surface area contributed by atoms with E-state index in [-0.39, 0.29) is 0 Å². The van der Waals surface area contributed by atoms with Crippen molar-refractivity contribution < 1.29 is 0 Å². The third kappa shape index (κ3) is 7.09. The Hall–Kier alpha value is -0.820. The summed E-state index contributed by atoms with van der Waals surface area (Å²) in [5.41, 5.74) is 2.97. The van der Waals surface area contributed by atoms with Crippen molar-refractivity contribution in [3.63, 3.8) is 0 Å². The molecule has 0 radical (unpaired) electrons. The largest absolute Gasteiger partial charge is 0.316 e. The van der Waals surface area contributed by atoms with Gasteiger partial charge < -0.3 is 5.32 Å². The van der Waals surface area contributed by atoms with Gasteiger partial charge in [-0.1, -0.05) is 58.4 Å². The molecule has 1 unspecified atom stereocenters. The quantitative estimate of drug-likeness (QED) is 0.582. The fourth-order valence-corrected chi connectivity index (χ4v) is 2.40. The third-order valence-corrected chi connectivity index (χ3v) is 4.03. The highest BCUT2D eigenvalue weighted by Gasteiger charge is 2.02. The van der Waals surface area contributed by atoms with Gasteiger partial charge in [0.05, 0.1) is 0 Å². The average molecular weight is 275 g/mol. The van der Waals surface area contributed by atoms with Gasteiger partial charge in [-0.25, -0.2) is 0 Å². The predicted octanol–water partition coefficient (Wildman–Crippen LogP) is 5.16. The van der Waals surface area contributed by atoms with E-state index in [0.717, 1.165) is 12.5 Å². The SMILES string of the molecule is CCC(C)c1ccc(CCCCCNCC(C)C)cc1. The number of benzene rings is 1. The Morgan fingerprint density at radius 2 is 1.65 bits per heavy atom. The normalized spacial score (nSPS) is 12.8. The minimum absolute atomic E-state index is 0.691. The van der Waals surface area contributed by atoms with Crippen LogP contribution in [0, 0.1) is 5.92 Å². The zero-order valence-corrected chi connectivity index (χ0v) is 13.9. The zero-order chi connectivity index (χ0) is 14.8. The van der Waals surface area contributed by atoms with E-state index >= 15 is 0 Å². The molecule has 1 heteroatoms. The molecule has 0 aliphatic heterocycles. The standard InChI is InChI=1S/C19H33N/c1-5-17(4)19-12-10-18(11-13-19)9-7-6-8-14-20-15-16(2)3/h10-13,16-17,20H,5-9,14-15H2,1-4H3. The van der Waals surface area contributed by atoms with Gasteiger partial charge in [-0.05, 0) is 61.7 Å². The van der Waals surface area contributed by atoms with E-state index < -0.39 is 0 Å². The van der Waals surface area contributed by atoms with E-state index in [1.54, 1.807) is 0 Å². The summed E-state index contributed by atoms with van der Waals surface area (Å²) in [6.45, 7) is 11.4. The molecule has 0 saturated heterocycles. The lowest BCUT2D eigenvalue weighted by Gasteiger charge is -2.10. The number of hydrogen-bond donors (Lipinski definition) is 1. The molecular weight excluding hydrogens is 242 g/mol. The number of nitrogens with one attached hydrogen (secondary N) is 1. The van der Waals surface area contributed by atoms with Crippen molar-refractivity contribution in [3.8, 4) is 0 Å². The first-order chi connectivity index (χ1) is 9.63. The molecule has 0 aliphatic carbocycles. The number of unbranched alkanes of at least 4 members (excludes halogenated alkanes) is 2. The van der Waals surface area contributed by atoms with Crippen molar-refractivity contribution in [3.05, 3.63) is 35.4 Å². The summed E-state index contributed by atoms with van der Waals surface area (Å²) in [5, 5.41) is 3.51. The lowest BCUT2D eigenvalue weighted by molar-refractivity contribution is 0.530. The smallest absolute Gasteiger partial charge is 0.00258 e. The van der Waals surface area contributed by atoms with E-state index in [1.165, 1.54) is 49.8 Å². The second-order valence-corrected chi connectivity index (χ2v) is 6.46. The topological polar surface area (TPSA) is 12.0 Å². The molecule has 0 aromatic heterocycles. The van der Waals surface area contributed by atoms with Crippen LogP contribution in [0.5, 0.6) is 0 Å². The van der Waals surface area contributed by atoms with Gasteiger partial charge in [0.25, 0.3) is 0 Å². The first kappa shape index (κ1) is 17.2. The van der Waals surface area contributed by atoms with E-state index in [2.05, 4.69) is 57.3 Å². The maximum atomic E-state index is 3.51. The van der Waals surface area contributed by atoms with Gasteiger partial charge >= 0.3 is 0 Å². The summed E-state index contributed by atoms with van der Waals surface area (Å²) in [6.07, 6.45) is 6.40. The Morgan fingerprint density at radius 1 is 0.950 bits per heavy atom. The molecular formula is C19H33N. The molecule has 0 saturated carbocycles. The van der Waals surface area contributed by atoms with E-state index in [9.17, 15) is 0 Å². The van der Waals surface area contributed by atoms with Crippen LogP contribution in [0.25, 0.3) is 0 Å². The molecule has 0 bridgehead atoms. The summed E-state index contributed by atoms with van der Waals surface area (Å²) in [4.78, 5) is 0. The second kappa shape index (κ2) is 9.99. The van der Waals surface area contributed by atoms with Gasteiger partial charge in [0.1, 0.15) is 0 Å². The third-order valence-electron chi connectivity index (χ3n) is 4.03. The summed E-state index contributed by atoms with van der Waals surface area (Å²) < 4.78 is 0. The van der Waals surface area contributed by atoms with Crippen molar-refractivity contribution in [2.24, 2.45) is 5.92 Å². The van der Waals surface area contributed by atoms with Crippen LogP contribution >= 0.6 is 0 Å². The highest BCUT2D eigenvalue weighted by atomic mass is 14.8. The zero-order valence-electron chi connectivity index (χ0n) is 13.9. The second-order valence-electron chi connectivity index (χ2n) is 6.46. The molecule has 20 heavy (non-hydrogen) atoms. The monoisotopic (exact) mass is 275 g/mol. The molecule has 1 aromatic carbocycles. The van der Waals surface area contributed by atoms with Crippen molar-refractivity contribution >= 4 is 0 Å². The summed E-state index contributed by atoms with van der Waals surface area (Å²) in [5.74, 6) is 1.45. The Bertz CT molecular complexity index is 339. The van der Waals surface area contributed by atoms with Crippen molar-refractivity contribution in [1.29, 1.82) is 0 Å². The molecule has 0 spiro atoms. The summed E-state index contributed by atoms with van der Waals surface area (Å²) in [7, 11) is 0. The lowest BCUT2D eigenvalue weighted by Crippen LogP contribution is -2.20. The van der Waals surface area contributed by atoms with Crippen LogP contribution in [0.3, 0.4) is 0 Å². The molecule has 0 heterocycles. The first-order valence-corrected chi connectivity index (χ1v) is 8.43. The molecule has 0 aliphatic rings. The van der Waals surface area contributed by atoms with Crippen LogP contribution in [-0.2, 0) is 6.42 Å². The van der Waals surface area contributed by atoms with Gasteiger partial charge in [-0.2, -0.15) is 0 Å². The van der Waals surface area contributed by atoms with E-state index in [1.807, 2.05) is 0 Å². The van der Waals surface area contributed by atoms with Crippen molar-refractivity contribution in [2.75, 3.05) is 13.1 Å². The predicted molar refractivity (Wildman–Crippen MR) is 90.4 cm³/mol. The number of rotatable bonds is 10. The molecule has 1 N–H and O–H groups in total. The molecule has 114 valence electrons. The van der Waals surface area contributed by atoms with Gasteiger partial charge in [-0.3, -0.25) is 0 Å². The van der Waals surface area contributed by atoms with Crippen molar-refractivity contribution in [1.82, 2.24) is 5.32 Å². The fourth-order valence-electron chi connectivity index (χ4n) is 2.40. The van der Waals surface area contributed by atoms with Crippen LogP contribution in [0.1, 0.15) is 70.4 Å². The molecule has 1 atom stereocenters. The number of aryl methyl sites for hydroxylation is 1. The van der Waals surface area contributed by atoms with Gasteiger partial charge in [-0.15, -0.1) is 0 Å². The van der Waals surface area contributed by atoms with Crippen LogP contribution in [0.15, 0.2) is 24.3 Å². The Kier molecular flexibility index (Phi) is 8.60. The molecule has 0 amide bonds. The number of hydrogen-bond acceptors (Lipinski definition) is 1. The van der Waals surface area contributed by atoms with Crippen LogP contribution < -0.4 is 5.32 Å².